The van der Waals surface area contributed by atoms with Gasteiger partial charge in [0.1, 0.15) is 0 Å². The first-order chi connectivity index (χ1) is 5.75. The van der Waals surface area contributed by atoms with Crippen LogP contribution < -0.4 is 0 Å². The molecule has 0 saturated carbocycles. The fraction of sp³-hybridized carbons (Fsp3) is 0.667. The van der Waals surface area contributed by atoms with Gasteiger partial charge in [-0.15, -0.1) is 0 Å². The minimum Gasteiger partial charge on any atom is -0.455 e. The first-order valence-electron chi connectivity index (χ1n) is 4.03. The molecule has 0 aliphatic rings. The Kier molecular flexibility index (Phi) is 4.44. The fourth-order valence-electron chi connectivity index (χ4n) is 0.491. The molecule has 13 heavy (non-hydrogen) atoms. The summed E-state index contributed by atoms with van der Waals surface area (Å²) in [6.07, 6.45) is 0. The third kappa shape index (κ3) is 4.90. The summed E-state index contributed by atoms with van der Waals surface area (Å²) in [6.45, 7) is 5.29. The second kappa shape index (κ2) is 4.63. The number of carbonyl (C=O) groups excluding carboxylic acids is 1. The summed E-state index contributed by atoms with van der Waals surface area (Å²) in [7, 11) is 5.81. The van der Waals surface area contributed by atoms with Crippen molar-refractivity contribution in [2.24, 2.45) is 0 Å². The van der Waals surface area contributed by atoms with Gasteiger partial charge >= 0.3 is 5.97 Å². The molecule has 0 aromatic rings. The van der Waals surface area contributed by atoms with Gasteiger partial charge in [0.05, 0.1) is 21.1 Å². The van der Waals surface area contributed by atoms with Gasteiger partial charge in [-0.3, -0.25) is 0 Å². The van der Waals surface area contributed by atoms with Crippen molar-refractivity contribution in [1.29, 1.82) is 0 Å². The molecule has 0 saturated heterocycles. The minimum absolute atomic E-state index is 0.205. The van der Waals surface area contributed by atoms with E-state index in [2.05, 4.69) is 6.58 Å². The highest BCUT2D eigenvalue weighted by molar-refractivity contribution is 6.19. The van der Waals surface area contributed by atoms with Gasteiger partial charge in [-0.05, 0) is 6.92 Å². The molecule has 76 valence electrons. The number of nitrogens with zero attached hydrogens (tertiary/aromatic N) is 1. The molecule has 0 aliphatic heterocycles. The number of ether oxygens (including phenoxy) is 1. The average molecular weight is 207 g/mol. The molecule has 0 bridgehead atoms. The topological polar surface area (TPSA) is 26.3 Å². The third-order valence-electron chi connectivity index (χ3n) is 1.54. The highest BCUT2D eigenvalue weighted by Crippen LogP contribution is 2.08. The van der Waals surface area contributed by atoms with Crippen LogP contribution in [0.15, 0.2) is 12.2 Å². The molecule has 1 unspecified atom stereocenters. The molecule has 0 heterocycles. The summed E-state index contributed by atoms with van der Waals surface area (Å²) in [5.41, 5.74) is 0.161. The maximum absolute atomic E-state index is 11.0. The molecule has 0 rings (SSSR count). The van der Waals surface area contributed by atoms with E-state index in [1.165, 1.54) is 0 Å². The van der Waals surface area contributed by atoms with E-state index in [4.69, 9.17) is 16.3 Å². The van der Waals surface area contributed by atoms with E-state index in [0.29, 0.717) is 10.1 Å². The van der Waals surface area contributed by atoms with Crippen LogP contribution in [-0.2, 0) is 9.53 Å². The monoisotopic (exact) mass is 206 g/mol. The first kappa shape index (κ1) is 12.5. The fourth-order valence-corrected chi connectivity index (χ4v) is 0.554. The van der Waals surface area contributed by atoms with Gasteiger partial charge in [0.25, 0.3) is 0 Å². The molecule has 0 N–H and O–H groups in total. The summed E-state index contributed by atoms with van der Waals surface area (Å²) in [5, 5.41) is 0. The van der Waals surface area contributed by atoms with Gasteiger partial charge in [0.15, 0.2) is 12.1 Å². The van der Waals surface area contributed by atoms with Gasteiger partial charge in [0.2, 0.25) is 0 Å². The Morgan fingerprint density at radius 1 is 1.54 bits per heavy atom. The molecule has 0 aliphatic carbocycles. The van der Waals surface area contributed by atoms with Crippen LogP contribution in [0.3, 0.4) is 0 Å². The second-order valence-corrected chi connectivity index (χ2v) is 4.43. The Labute approximate surface area is 84.5 Å². The van der Waals surface area contributed by atoms with Crippen LogP contribution in [0.25, 0.3) is 0 Å². The van der Waals surface area contributed by atoms with Crippen LogP contribution in [0.4, 0.5) is 0 Å². The average Bonchev–Trinajstić information content (AvgIpc) is 1.97. The zero-order valence-corrected chi connectivity index (χ0v) is 9.39. The van der Waals surface area contributed by atoms with Gasteiger partial charge in [-0.2, -0.15) is 0 Å². The first-order valence-corrected chi connectivity index (χ1v) is 4.46. The number of quaternary nitrogens is 1. The van der Waals surface area contributed by atoms with E-state index in [1.54, 1.807) is 6.92 Å². The lowest BCUT2D eigenvalue weighted by molar-refractivity contribution is -0.882. The standard InChI is InChI=1S/C9H17ClNO2/c1-7(2)9(12)13-6-8(10)11(3,4)5/h8H,1,6H2,2-5H3/q+1. The number of likely N-dealkylation sites (N-methyl/N-ethyl adjacent to an activating group) is 1. The van der Waals surface area contributed by atoms with Crippen molar-refractivity contribution in [1.82, 2.24) is 0 Å². The summed E-state index contributed by atoms with van der Waals surface area (Å²) in [6, 6.07) is 0. The number of carbonyl (C=O) groups is 1. The Hall–Kier alpha value is -0.540. The number of hydrogen-bond donors (Lipinski definition) is 0. The van der Waals surface area contributed by atoms with E-state index in [0.717, 1.165) is 0 Å². The Morgan fingerprint density at radius 2 is 2.00 bits per heavy atom. The van der Waals surface area contributed by atoms with Crippen LogP contribution in [0, 0.1) is 0 Å². The van der Waals surface area contributed by atoms with Gasteiger partial charge in [-0.1, -0.05) is 18.2 Å². The second-order valence-electron chi connectivity index (χ2n) is 3.93. The summed E-state index contributed by atoms with van der Waals surface area (Å²) >= 11 is 5.97. The number of rotatable bonds is 4. The quantitative estimate of drug-likeness (QED) is 0.228. The van der Waals surface area contributed by atoms with Crippen molar-refractivity contribution in [3.05, 3.63) is 12.2 Å². The Bertz CT molecular complexity index is 208. The van der Waals surface area contributed by atoms with E-state index < -0.39 is 0 Å². The van der Waals surface area contributed by atoms with E-state index >= 15 is 0 Å². The molecule has 0 spiro atoms. The van der Waals surface area contributed by atoms with Crippen LogP contribution in [0.1, 0.15) is 6.92 Å². The lowest BCUT2D eigenvalue weighted by atomic mass is 10.4. The van der Waals surface area contributed by atoms with E-state index in [1.807, 2.05) is 21.1 Å². The zero-order chi connectivity index (χ0) is 10.6. The smallest absolute Gasteiger partial charge is 0.333 e. The lowest BCUT2D eigenvalue weighted by Gasteiger charge is -2.28. The van der Waals surface area contributed by atoms with Crippen LogP contribution >= 0.6 is 11.6 Å². The molecular formula is C9H17ClNO2+. The lowest BCUT2D eigenvalue weighted by Crippen LogP contribution is -2.44. The third-order valence-corrected chi connectivity index (χ3v) is 2.25. The number of hydrogen-bond acceptors (Lipinski definition) is 2. The van der Waals surface area contributed by atoms with Gasteiger partial charge in [0, 0.05) is 5.57 Å². The van der Waals surface area contributed by atoms with Crippen LogP contribution in [0.5, 0.6) is 0 Å². The van der Waals surface area contributed by atoms with Crippen molar-refractivity contribution in [2.45, 2.75) is 12.4 Å². The molecule has 4 heteroatoms. The maximum Gasteiger partial charge on any atom is 0.333 e. The van der Waals surface area contributed by atoms with Gasteiger partial charge < -0.3 is 9.22 Å². The Balaban J connectivity index is 3.91. The van der Waals surface area contributed by atoms with Crippen molar-refractivity contribution in [3.8, 4) is 0 Å². The summed E-state index contributed by atoms with van der Waals surface area (Å²) in [5.74, 6) is -0.390. The van der Waals surface area contributed by atoms with E-state index in [-0.39, 0.29) is 18.1 Å². The van der Waals surface area contributed by atoms with E-state index in [9.17, 15) is 4.79 Å². The number of halogens is 1. The molecule has 1 atom stereocenters. The van der Waals surface area contributed by atoms with Crippen molar-refractivity contribution < 1.29 is 14.0 Å². The highest BCUT2D eigenvalue weighted by atomic mass is 35.5. The molecule has 0 aromatic carbocycles. The molecule has 0 radical (unpaired) electrons. The van der Waals surface area contributed by atoms with Crippen LogP contribution in [0.2, 0.25) is 0 Å². The normalized spacial score (nSPS) is 13.6. The molecule has 0 aromatic heterocycles. The molecular weight excluding hydrogens is 190 g/mol. The molecule has 0 amide bonds. The van der Waals surface area contributed by atoms with Crippen molar-refractivity contribution in [3.63, 3.8) is 0 Å². The number of alkyl halides is 1. The zero-order valence-electron chi connectivity index (χ0n) is 8.63. The van der Waals surface area contributed by atoms with Crippen molar-refractivity contribution in [2.75, 3.05) is 27.7 Å². The van der Waals surface area contributed by atoms with Gasteiger partial charge in [-0.25, -0.2) is 4.79 Å². The largest absolute Gasteiger partial charge is 0.455 e. The SMILES string of the molecule is C=C(C)C(=O)OCC(Cl)[N+](C)(C)C. The maximum atomic E-state index is 11.0. The minimum atomic E-state index is -0.390. The van der Waals surface area contributed by atoms with Crippen LogP contribution in [-0.4, -0.2) is 43.7 Å². The highest BCUT2D eigenvalue weighted by Gasteiger charge is 2.22. The molecule has 3 nitrogen and oxygen atoms in total. The predicted octanol–water partition coefficient (Wildman–Crippen LogP) is 1.38. The summed E-state index contributed by atoms with van der Waals surface area (Å²) in [4.78, 5) is 11.0. The van der Waals surface area contributed by atoms with Crippen molar-refractivity contribution >= 4 is 17.6 Å². The Morgan fingerprint density at radius 3 is 2.31 bits per heavy atom. The predicted molar refractivity (Wildman–Crippen MR) is 53.4 cm³/mol. The number of esters is 1. The molecule has 0 fully saturated rings. The summed E-state index contributed by atoms with van der Waals surface area (Å²) < 4.78 is 5.45.